The van der Waals surface area contributed by atoms with Crippen molar-refractivity contribution in [2.75, 3.05) is 23.7 Å². The van der Waals surface area contributed by atoms with E-state index in [1.54, 1.807) is 51.1 Å². The molecule has 180 valence electrons. The third-order valence-corrected chi connectivity index (χ3v) is 7.06. The molecule has 7 nitrogen and oxygen atoms in total. The Hall–Kier alpha value is -2.29. The van der Waals surface area contributed by atoms with Crippen molar-refractivity contribution < 1.29 is 18.0 Å². The third kappa shape index (κ3) is 6.85. The van der Waals surface area contributed by atoms with Crippen LogP contribution in [-0.2, 0) is 26.2 Å². The van der Waals surface area contributed by atoms with Crippen LogP contribution in [0.2, 0.25) is 10.0 Å². The van der Waals surface area contributed by atoms with Crippen LogP contribution in [0.15, 0.2) is 36.4 Å². The Bertz CT molecular complexity index is 1120. The Balaban J connectivity index is 2.49. The van der Waals surface area contributed by atoms with Crippen molar-refractivity contribution in [3.8, 4) is 0 Å². The zero-order valence-electron chi connectivity index (χ0n) is 19.4. The summed E-state index contributed by atoms with van der Waals surface area (Å²) < 4.78 is 26.4. The van der Waals surface area contributed by atoms with Gasteiger partial charge in [0.1, 0.15) is 12.6 Å². The van der Waals surface area contributed by atoms with Gasteiger partial charge in [0, 0.05) is 28.7 Å². The highest BCUT2D eigenvalue weighted by molar-refractivity contribution is 7.92. The number of aryl methyl sites for hydroxylation is 2. The highest BCUT2D eigenvalue weighted by Crippen LogP contribution is 2.28. The quantitative estimate of drug-likeness (QED) is 0.550. The minimum atomic E-state index is -3.80. The number of benzene rings is 2. The summed E-state index contributed by atoms with van der Waals surface area (Å²) in [6.07, 6.45) is 1.05. The molecule has 2 aromatic rings. The van der Waals surface area contributed by atoms with Crippen LogP contribution >= 0.6 is 23.2 Å². The van der Waals surface area contributed by atoms with Gasteiger partial charge in [0.2, 0.25) is 21.8 Å². The summed E-state index contributed by atoms with van der Waals surface area (Å²) in [4.78, 5) is 27.4. The molecule has 2 rings (SSSR count). The molecule has 10 heteroatoms. The first-order valence-corrected chi connectivity index (χ1v) is 13.0. The number of hydrogen-bond donors (Lipinski definition) is 1. The molecular formula is C23H29Cl2N3O4S. The fourth-order valence-electron chi connectivity index (χ4n) is 3.34. The largest absolute Gasteiger partial charge is 0.355 e. The van der Waals surface area contributed by atoms with Crippen LogP contribution < -0.4 is 9.62 Å². The minimum Gasteiger partial charge on any atom is -0.355 e. The Kier molecular flexibility index (Phi) is 9.17. The average molecular weight is 514 g/mol. The Morgan fingerprint density at radius 2 is 1.70 bits per heavy atom. The summed E-state index contributed by atoms with van der Waals surface area (Å²) in [5.74, 6) is -0.928. The minimum absolute atomic E-state index is 0.0555. The number of nitrogens with one attached hydrogen (secondary N) is 1. The van der Waals surface area contributed by atoms with E-state index in [1.165, 1.54) is 4.90 Å². The SMILES string of the molecule is CCNC(=O)C(C)N(Cc1c(Cl)cccc1Cl)C(=O)CN(c1cc(C)ccc1C)S(C)(=O)=O. The number of sulfonamides is 1. The van der Waals surface area contributed by atoms with Crippen LogP contribution in [0.3, 0.4) is 0 Å². The van der Waals surface area contributed by atoms with E-state index in [1.807, 2.05) is 13.0 Å². The molecule has 0 radical (unpaired) electrons. The lowest BCUT2D eigenvalue weighted by atomic mass is 10.1. The second kappa shape index (κ2) is 11.2. The first-order valence-electron chi connectivity index (χ1n) is 10.4. The van der Waals surface area contributed by atoms with Gasteiger partial charge in [0.05, 0.1) is 11.9 Å². The predicted octanol–water partition coefficient (Wildman–Crippen LogP) is 3.93. The molecule has 0 fully saturated rings. The van der Waals surface area contributed by atoms with E-state index >= 15 is 0 Å². The summed E-state index contributed by atoms with van der Waals surface area (Å²) in [6.45, 7) is 6.82. The van der Waals surface area contributed by atoms with Crippen molar-refractivity contribution in [2.45, 2.75) is 40.3 Å². The molecule has 0 saturated carbocycles. The lowest BCUT2D eigenvalue weighted by Gasteiger charge is -2.32. The van der Waals surface area contributed by atoms with Crippen LogP contribution in [0.5, 0.6) is 0 Å². The second-order valence-electron chi connectivity index (χ2n) is 7.85. The molecule has 0 aliphatic heterocycles. The van der Waals surface area contributed by atoms with Crippen LogP contribution in [0.1, 0.15) is 30.5 Å². The zero-order valence-corrected chi connectivity index (χ0v) is 21.7. The Morgan fingerprint density at radius 1 is 1.09 bits per heavy atom. The Labute approximate surface area is 205 Å². The Morgan fingerprint density at radius 3 is 2.24 bits per heavy atom. The molecular weight excluding hydrogens is 485 g/mol. The van der Waals surface area contributed by atoms with E-state index in [2.05, 4.69) is 5.32 Å². The number of rotatable bonds is 9. The molecule has 0 heterocycles. The molecule has 0 spiro atoms. The lowest BCUT2D eigenvalue weighted by Crippen LogP contribution is -2.51. The number of likely N-dealkylation sites (N-methyl/N-ethyl adjacent to an activating group) is 1. The van der Waals surface area contributed by atoms with E-state index in [9.17, 15) is 18.0 Å². The number of amides is 2. The van der Waals surface area contributed by atoms with Crippen LogP contribution in [-0.4, -0.2) is 50.5 Å². The van der Waals surface area contributed by atoms with Crippen LogP contribution in [0.25, 0.3) is 0 Å². The monoisotopic (exact) mass is 513 g/mol. The van der Waals surface area contributed by atoms with E-state index < -0.39 is 28.5 Å². The van der Waals surface area contributed by atoms with Gasteiger partial charge < -0.3 is 10.2 Å². The number of nitrogens with zero attached hydrogens (tertiary/aromatic N) is 2. The van der Waals surface area contributed by atoms with Gasteiger partial charge in [0.25, 0.3) is 0 Å². The molecule has 0 aliphatic carbocycles. The van der Waals surface area contributed by atoms with Crippen molar-refractivity contribution in [1.82, 2.24) is 10.2 Å². The summed E-state index contributed by atoms with van der Waals surface area (Å²) in [7, 11) is -3.80. The van der Waals surface area contributed by atoms with E-state index in [0.717, 1.165) is 16.1 Å². The van der Waals surface area contributed by atoms with E-state index in [4.69, 9.17) is 23.2 Å². The standard InChI is InChI=1S/C23H29Cl2N3O4S/c1-6-26-23(30)17(4)27(13-18-19(24)8-7-9-20(18)25)22(29)14-28(33(5,31)32)21-12-15(2)10-11-16(21)3/h7-12,17H,6,13-14H2,1-5H3,(H,26,30). The van der Waals surface area contributed by atoms with Gasteiger partial charge in [-0.25, -0.2) is 8.42 Å². The van der Waals surface area contributed by atoms with Crippen molar-refractivity contribution in [1.29, 1.82) is 0 Å². The average Bonchev–Trinajstić information content (AvgIpc) is 2.72. The van der Waals surface area contributed by atoms with Gasteiger partial charge in [0.15, 0.2) is 0 Å². The number of halogens is 2. The molecule has 1 N–H and O–H groups in total. The van der Waals surface area contributed by atoms with Gasteiger partial charge in [-0.1, -0.05) is 41.4 Å². The van der Waals surface area contributed by atoms with Crippen LogP contribution in [0, 0.1) is 13.8 Å². The molecule has 0 bridgehead atoms. The maximum absolute atomic E-state index is 13.5. The third-order valence-electron chi connectivity index (χ3n) is 5.22. The van der Waals surface area contributed by atoms with Crippen molar-refractivity contribution in [2.24, 2.45) is 0 Å². The van der Waals surface area contributed by atoms with Gasteiger partial charge in [-0.05, 0) is 57.0 Å². The van der Waals surface area contributed by atoms with Gasteiger partial charge in [-0.3, -0.25) is 13.9 Å². The highest BCUT2D eigenvalue weighted by Gasteiger charge is 2.31. The van der Waals surface area contributed by atoms with E-state index in [0.29, 0.717) is 33.4 Å². The topological polar surface area (TPSA) is 86.8 Å². The summed E-state index contributed by atoms with van der Waals surface area (Å²) in [6, 6.07) is 9.45. The maximum Gasteiger partial charge on any atom is 0.244 e. The molecule has 2 aromatic carbocycles. The van der Waals surface area contributed by atoms with Gasteiger partial charge in [-0.15, -0.1) is 0 Å². The molecule has 0 aliphatic rings. The molecule has 0 saturated heterocycles. The molecule has 0 aromatic heterocycles. The number of hydrogen-bond acceptors (Lipinski definition) is 4. The maximum atomic E-state index is 13.5. The highest BCUT2D eigenvalue weighted by atomic mass is 35.5. The lowest BCUT2D eigenvalue weighted by molar-refractivity contribution is -0.139. The van der Waals surface area contributed by atoms with Crippen molar-refractivity contribution in [3.63, 3.8) is 0 Å². The fourth-order valence-corrected chi connectivity index (χ4v) is 4.76. The first kappa shape index (κ1) is 27.0. The van der Waals surface area contributed by atoms with Crippen LogP contribution in [0.4, 0.5) is 5.69 Å². The van der Waals surface area contributed by atoms with E-state index in [-0.39, 0.29) is 12.5 Å². The van der Waals surface area contributed by atoms with Crippen molar-refractivity contribution in [3.05, 3.63) is 63.1 Å². The van der Waals surface area contributed by atoms with Crippen molar-refractivity contribution >= 4 is 50.7 Å². The normalized spacial score (nSPS) is 12.2. The number of carbonyl (C=O) groups is 2. The number of carbonyl (C=O) groups excluding carboxylic acids is 2. The fraction of sp³-hybridized carbons (Fsp3) is 0.391. The predicted molar refractivity (Wildman–Crippen MR) is 133 cm³/mol. The second-order valence-corrected chi connectivity index (χ2v) is 10.6. The zero-order chi connectivity index (χ0) is 24.9. The smallest absolute Gasteiger partial charge is 0.244 e. The first-order chi connectivity index (χ1) is 15.4. The molecule has 1 atom stereocenters. The summed E-state index contributed by atoms with van der Waals surface area (Å²) >= 11 is 12.6. The molecule has 33 heavy (non-hydrogen) atoms. The van der Waals surface area contributed by atoms with Gasteiger partial charge in [-0.2, -0.15) is 0 Å². The molecule has 1 unspecified atom stereocenters. The molecule has 2 amide bonds. The van der Waals surface area contributed by atoms with Gasteiger partial charge >= 0.3 is 0 Å². The summed E-state index contributed by atoms with van der Waals surface area (Å²) in [5.41, 5.74) is 2.44. The number of anilines is 1. The summed E-state index contributed by atoms with van der Waals surface area (Å²) in [5, 5.41) is 3.39.